The molecule has 1 aromatic carbocycles. The fourth-order valence-corrected chi connectivity index (χ4v) is 3.11. The Labute approximate surface area is 133 Å². The maximum Gasteiger partial charge on any atom is 0.223 e. The van der Waals surface area contributed by atoms with Gasteiger partial charge in [0.05, 0.1) is 14.2 Å². The van der Waals surface area contributed by atoms with E-state index in [1.165, 1.54) is 5.56 Å². The number of hydrogen-bond acceptors (Lipinski definition) is 3. The molecular weight excluding hydrogens is 278 g/mol. The minimum Gasteiger partial charge on any atom is -0.493 e. The number of benzene rings is 1. The van der Waals surface area contributed by atoms with E-state index in [0.717, 1.165) is 36.3 Å². The van der Waals surface area contributed by atoms with Gasteiger partial charge in [-0.25, -0.2) is 0 Å². The van der Waals surface area contributed by atoms with Crippen LogP contribution in [-0.2, 0) is 17.8 Å². The summed E-state index contributed by atoms with van der Waals surface area (Å²) in [5.41, 5.74) is 2.22. The first-order valence-corrected chi connectivity index (χ1v) is 7.97. The molecule has 4 nitrogen and oxygen atoms in total. The highest BCUT2D eigenvalue weighted by Gasteiger charge is 2.36. The topological polar surface area (TPSA) is 38.8 Å². The predicted octanol–water partition coefficient (Wildman–Crippen LogP) is 3.56. The molecular formula is C18H27NO3. The Morgan fingerprint density at radius 3 is 2.32 bits per heavy atom. The minimum absolute atomic E-state index is 0.169. The van der Waals surface area contributed by atoms with Crippen LogP contribution in [0.15, 0.2) is 12.1 Å². The third-order valence-electron chi connectivity index (χ3n) is 4.43. The van der Waals surface area contributed by atoms with Gasteiger partial charge < -0.3 is 14.4 Å². The van der Waals surface area contributed by atoms with Crippen molar-refractivity contribution in [3.8, 4) is 11.5 Å². The first-order valence-electron chi connectivity index (χ1n) is 7.97. The molecule has 0 radical (unpaired) electrons. The molecule has 0 unspecified atom stereocenters. The molecule has 0 saturated heterocycles. The summed E-state index contributed by atoms with van der Waals surface area (Å²) >= 11 is 0. The molecule has 0 aromatic heterocycles. The summed E-state index contributed by atoms with van der Waals surface area (Å²) in [6.45, 7) is 7.03. The Balaban J connectivity index is 2.32. The fourth-order valence-electron chi connectivity index (χ4n) is 3.11. The zero-order valence-corrected chi connectivity index (χ0v) is 14.4. The van der Waals surface area contributed by atoms with E-state index in [-0.39, 0.29) is 11.4 Å². The lowest BCUT2D eigenvalue weighted by molar-refractivity contribution is -0.138. The van der Waals surface area contributed by atoms with Crippen LogP contribution in [0.1, 0.15) is 51.2 Å². The van der Waals surface area contributed by atoms with Gasteiger partial charge in [-0.05, 0) is 49.9 Å². The van der Waals surface area contributed by atoms with Crippen LogP contribution in [0, 0.1) is 0 Å². The van der Waals surface area contributed by atoms with Crippen LogP contribution in [-0.4, -0.2) is 30.6 Å². The minimum atomic E-state index is -0.169. The number of unbranched alkanes of at least 4 members (excludes halogenated alkanes) is 1. The molecule has 0 N–H and O–H groups in total. The van der Waals surface area contributed by atoms with Crippen LogP contribution in [0.25, 0.3) is 0 Å². The monoisotopic (exact) mass is 305 g/mol. The molecule has 0 saturated carbocycles. The Morgan fingerprint density at radius 2 is 1.77 bits per heavy atom. The molecule has 0 bridgehead atoms. The SMILES string of the molecule is CCCCC(=O)N1Cc2cc(OC)c(OC)cc2CC1(C)C. The summed E-state index contributed by atoms with van der Waals surface area (Å²) in [6, 6.07) is 4.05. The first-order chi connectivity index (χ1) is 10.4. The predicted molar refractivity (Wildman–Crippen MR) is 87.4 cm³/mol. The number of rotatable bonds is 5. The van der Waals surface area contributed by atoms with E-state index in [1.807, 2.05) is 17.0 Å². The quantitative estimate of drug-likeness (QED) is 0.835. The summed E-state index contributed by atoms with van der Waals surface area (Å²) in [4.78, 5) is 14.5. The normalized spacial score (nSPS) is 16.1. The van der Waals surface area contributed by atoms with Gasteiger partial charge in [0.1, 0.15) is 0 Å². The zero-order chi connectivity index (χ0) is 16.3. The van der Waals surface area contributed by atoms with Crippen molar-refractivity contribution in [2.75, 3.05) is 14.2 Å². The van der Waals surface area contributed by atoms with E-state index >= 15 is 0 Å². The molecule has 122 valence electrons. The van der Waals surface area contributed by atoms with Crippen LogP contribution in [0.4, 0.5) is 0 Å². The molecule has 1 aliphatic rings. The molecule has 1 aromatic rings. The van der Waals surface area contributed by atoms with E-state index in [9.17, 15) is 4.79 Å². The fraction of sp³-hybridized carbons (Fsp3) is 0.611. The average Bonchev–Trinajstić information content (AvgIpc) is 2.49. The van der Waals surface area contributed by atoms with Gasteiger partial charge in [-0.2, -0.15) is 0 Å². The number of ether oxygens (including phenoxy) is 2. The largest absolute Gasteiger partial charge is 0.493 e. The van der Waals surface area contributed by atoms with Gasteiger partial charge in [0, 0.05) is 18.5 Å². The summed E-state index contributed by atoms with van der Waals surface area (Å²) < 4.78 is 10.8. The van der Waals surface area contributed by atoms with Gasteiger partial charge >= 0.3 is 0 Å². The van der Waals surface area contributed by atoms with Crippen LogP contribution in [0.3, 0.4) is 0 Å². The Bertz CT molecular complexity index is 552. The third-order valence-corrected chi connectivity index (χ3v) is 4.43. The molecule has 2 rings (SSSR count). The van der Waals surface area contributed by atoms with Gasteiger partial charge in [-0.15, -0.1) is 0 Å². The van der Waals surface area contributed by atoms with Crippen molar-refractivity contribution in [2.45, 2.75) is 58.5 Å². The number of hydrogen-bond donors (Lipinski definition) is 0. The maximum atomic E-state index is 12.5. The highest BCUT2D eigenvalue weighted by molar-refractivity contribution is 5.77. The second-order valence-corrected chi connectivity index (χ2v) is 6.55. The molecule has 1 aliphatic heterocycles. The van der Waals surface area contributed by atoms with Crippen LogP contribution in [0.2, 0.25) is 0 Å². The van der Waals surface area contributed by atoms with Gasteiger partial charge in [-0.1, -0.05) is 13.3 Å². The van der Waals surface area contributed by atoms with Crippen LogP contribution < -0.4 is 9.47 Å². The van der Waals surface area contributed by atoms with Crippen molar-refractivity contribution < 1.29 is 14.3 Å². The zero-order valence-electron chi connectivity index (χ0n) is 14.4. The van der Waals surface area contributed by atoms with E-state index in [1.54, 1.807) is 14.2 Å². The van der Waals surface area contributed by atoms with Gasteiger partial charge in [0.25, 0.3) is 0 Å². The second-order valence-electron chi connectivity index (χ2n) is 6.55. The summed E-state index contributed by atoms with van der Waals surface area (Å²) in [5.74, 6) is 1.72. The highest BCUT2D eigenvalue weighted by Crippen LogP contribution is 2.38. The second kappa shape index (κ2) is 6.59. The van der Waals surface area contributed by atoms with Crippen molar-refractivity contribution in [1.82, 2.24) is 4.90 Å². The highest BCUT2D eigenvalue weighted by atomic mass is 16.5. The smallest absolute Gasteiger partial charge is 0.223 e. The van der Waals surface area contributed by atoms with E-state index in [0.29, 0.717) is 13.0 Å². The third kappa shape index (κ3) is 3.21. The Morgan fingerprint density at radius 1 is 1.18 bits per heavy atom. The van der Waals surface area contributed by atoms with E-state index in [2.05, 4.69) is 20.8 Å². The van der Waals surface area contributed by atoms with Crippen molar-refractivity contribution >= 4 is 5.91 Å². The summed E-state index contributed by atoms with van der Waals surface area (Å²) in [7, 11) is 3.29. The van der Waals surface area contributed by atoms with Crippen molar-refractivity contribution in [3.63, 3.8) is 0 Å². The van der Waals surface area contributed by atoms with Crippen molar-refractivity contribution in [2.24, 2.45) is 0 Å². The lowest BCUT2D eigenvalue weighted by Gasteiger charge is -2.43. The molecule has 4 heteroatoms. The number of carbonyl (C=O) groups is 1. The lowest BCUT2D eigenvalue weighted by Crippen LogP contribution is -2.51. The summed E-state index contributed by atoms with van der Waals surface area (Å²) in [5, 5.41) is 0. The van der Waals surface area contributed by atoms with Gasteiger partial charge in [0.15, 0.2) is 11.5 Å². The van der Waals surface area contributed by atoms with E-state index in [4.69, 9.17) is 9.47 Å². The number of fused-ring (bicyclic) bond motifs is 1. The molecule has 0 fully saturated rings. The average molecular weight is 305 g/mol. The number of amides is 1. The van der Waals surface area contributed by atoms with Crippen molar-refractivity contribution in [1.29, 1.82) is 0 Å². The molecule has 22 heavy (non-hydrogen) atoms. The number of nitrogens with zero attached hydrogens (tertiary/aromatic N) is 1. The Hall–Kier alpha value is -1.71. The molecule has 0 atom stereocenters. The van der Waals surface area contributed by atoms with E-state index < -0.39 is 0 Å². The molecule has 0 spiro atoms. The molecule has 0 aliphatic carbocycles. The van der Waals surface area contributed by atoms with Crippen molar-refractivity contribution in [3.05, 3.63) is 23.3 Å². The Kier molecular flexibility index (Phi) is 4.99. The molecule has 1 amide bonds. The number of methoxy groups -OCH3 is 2. The standard InChI is InChI=1S/C18H27NO3/c1-6-7-8-17(20)19-12-14-10-16(22-5)15(21-4)9-13(14)11-18(19,2)3/h9-10H,6-8,11-12H2,1-5H3. The first kappa shape index (κ1) is 16.7. The molecule has 1 heterocycles. The maximum absolute atomic E-state index is 12.5. The van der Waals surface area contributed by atoms with Crippen LogP contribution in [0.5, 0.6) is 11.5 Å². The number of carbonyl (C=O) groups excluding carboxylic acids is 1. The summed E-state index contributed by atoms with van der Waals surface area (Å²) in [6.07, 6.45) is 3.45. The van der Waals surface area contributed by atoms with Gasteiger partial charge in [-0.3, -0.25) is 4.79 Å². The lowest BCUT2D eigenvalue weighted by atomic mass is 9.85. The van der Waals surface area contributed by atoms with Gasteiger partial charge in [0.2, 0.25) is 5.91 Å². The van der Waals surface area contributed by atoms with Crippen LogP contribution >= 0.6 is 0 Å².